The van der Waals surface area contributed by atoms with Crippen LogP contribution in [0, 0.1) is 0 Å². The number of hydrogen-bond acceptors (Lipinski definition) is 3. The average Bonchev–Trinajstić information content (AvgIpc) is 2.71. The van der Waals surface area contributed by atoms with Crippen LogP contribution in [0.3, 0.4) is 0 Å². The average molecular weight is 208 g/mol. The Kier molecular flexibility index (Phi) is 2.28. The fraction of sp³-hybridized carbons (Fsp3) is 0. The molecule has 0 atom stereocenters. The maximum atomic E-state index is 11.7. The molecule has 0 aliphatic rings. The normalized spacial score (nSPS) is 10.1. The van der Waals surface area contributed by atoms with Crippen LogP contribution < -0.4 is 0 Å². The van der Waals surface area contributed by atoms with E-state index in [1.807, 2.05) is 0 Å². The zero-order valence-electron chi connectivity index (χ0n) is 7.09. The molecule has 2 aromatic heterocycles. The summed E-state index contributed by atoms with van der Waals surface area (Å²) in [5, 5.41) is 0.368. The molecule has 0 saturated carbocycles. The van der Waals surface area contributed by atoms with Gasteiger partial charge in [0.15, 0.2) is 0 Å². The quantitative estimate of drug-likeness (QED) is 0.668. The van der Waals surface area contributed by atoms with Crippen molar-refractivity contribution in [1.29, 1.82) is 0 Å². The molecule has 0 radical (unpaired) electrons. The molecule has 0 amide bonds. The lowest BCUT2D eigenvalue weighted by Crippen LogP contribution is -2.09. The minimum atomic E-state index is -0.174. The smallest absolute Gasteiger partial charge is 0.264 e. The van der Waals surface area contributed by atoms with E-state index in [1.54, 1.807) is 24.5 Å². The molecular formula is C9H6ClN3O. The van der Waals surface area contributed by atoms with Gasteiger partial charge in [0, 0.05) is 18.6 Å². The molecule has 4 nitrogen and oxygen atoms in total. The standard InChI is InChI=1S/C9H6ClN3O/c10-8-2-1-7(5-12-8)9(14)13-4-3-11-6-13/h1-6H. The number of imidazole rings is 1. The van der Waals surface area contributed by atoms with Gasteiger partial charge in [-0.1, -0.05) is 11.6 Å². The Bertz CT molecular complexity index is 436. The van der Waals surface area contributed by atoms with E-state index in [0.29, 0.717) is 10.7 Å². The van der Waals surface area contributed by atoms with Gasteiger partial charge in [0.2, 0.25) is 0 Å². The van der Waals surface area contributed by atoms with Crippen molar-refractivity contribution >= 4 is 17.5 Å². The van der Waals surface area contributed by atoms with Crippen molar-refractivity contribution in [2.45, 2.75) is 0 Å². The molecule has 0 N–H and O–H groups in total. The number of carbonyl (C=O) groups is 1. The van der Waals surface area contributed by atoms with Crippen LogP contribution in [0.5, 0.6) is 0 Å². The first-order valence-corrected chi connectivity index (χ1v) is 4.29. The maximum absolute atomic E-state index is 11.7. The molecule has 0 bridgehead atoms. The lowest BCUT2D eigenvalue weighted by molar-refractivity contribution is 0.0959. The van der Waals surface area contributed by atoms with Crippen LogP contribution in [0.25, 0.3) is 0 Å². The molecule has 2 rings (SSSR count). The molecule has 2 aromatic rings. The second kappa shape index (κ2) is 3.59. The van der Waals surface area contributed by atoms with Gasteiger partial charge in [0.1, 0.15) is 11.5 Å². The van der Waals surface area contributed by atoms with Crippen LogP contribution in [0.1, 0.15) is 10.4 Å². The summed E-state index contributed by atoms with van der Waals surface area (Å²) in [6.07, 6.45) is 6.00. The van der Waals surface area contributed by atoms with Gasteiger partial charge in [-0.25, -0.2) is 9.97 Å². The van der Waals surface area contributed by atoms with E-state index < -0.39 is 0 Å². The summed E-state index contributed by atoms with van der Waals surface area (Å²) in [6.45, 7) is 0. The molecule has 14 heavy (non-hydrogen) atoms. The summed E-state index contributed by atoms with van der Waals surface area (Å²) in [4.78, 5) is 19.3. The van der Waals surface area contributed by atoms with Gasteiger partial charge in [0.05, 0.1) is 5.56 Å². The number of aromatic nitrogens is 3. The highest BCUT2D eigenvalue weighted by Gasteiger charge is 2.07. The number of pyridine rings is 1. The third-order valence-corrected chi connectivity index (χ3v) is 1.94. The highest BCUT2D eigenvalue weighted by molar-refractivity contribution is 6.29. The fourth-order valence-corrected chi connectivity index (χ4v) is 1.14. The molecule has 0 aliphatic carbocycles. The Hall–Kier alpha value is -1.68. The number of rotatable bonds is 1. The molecule has 5 heteroatoms. The zero-order chi connectivity index (χ0) is 9.97. The number of nitrogens with zero attached hydrogens (tertiary/aromatic N) is 3. The Balaban J connectivity index is 2.33. The molecule has 0 aliphatic heterocycles. The highest BCUT2D eigenvalue weighted by Crippen LogP contribution is 2.06. The number of hydrogen-bond donors (Lipinski definition) is 0. The van der Waals surface area contributed by atoms with Gasteiger partial charge in [-0.2, -0.15) is 0 Å². The van der Waals surface area contributed by atoms with Crippen molar-refractivity contribution in [2.75, 3.05) is 0 Å². The van der Waals surface area contributed by atoms with E-state index >= 15 is 0 Å². The van der Waals surface area contributed by atoms with Crippen LogP contribution >= 0.6 is 11.6 Å². The van der Waals surface area contributed by atoms with Crippen molar-refractivity contribution in [3.05, 3.63) is 47.8 Å². The predicted octanol–water partition coefficient (Wildman–Crippen LogP) is 1.62. The maximum Gasteiger partial charge on any atom is 0.264 e. The Labute approximate surface area is 85.2 Å². The monoisotopic (exact) mass is 207 g/mol. The highest BCUT2D eigenvalue weighted by atomic mass is 35.5. The first-order chi connectivity index (χ1) is 6.77. The minimum Gasteiger partial charge on any atom is -0.272 e. The van der Waals surface area contributed by atoms with Crippen molar-refractivity contribution < 1.29 is 4.79 Å². The van der Waals surface area contributed by atoms with E-state index in [-0.39, 0.29) is 5.91 Å². The van der Waals surface area contributed by atoms with Crippen LogP contribution in [-0.4, -0.2) is 20.4 Å². The molecule has 2 heterocycles. The van der Waals surface area contributed by atoms with Gasteiger partial charge in [-0.05, 0) is 12.1 Å². The first kappa shape index (κ1) is 8.90. The fourth-order valence-electron chi connectivity index (χ4n) is 1.03. The van der Waals surface area contributed by atoms with E-state index in [2.05, 4.69) is 9.97 Å². The number of carbonyl (C=O) groups excluding carboxylic acids is 1. The minimum absolute atomic E-state index is 0.174. The van der Waals surface area contributed by atoms with Crippen LogP contribution in [0.4, 0.5) is 0 Å². The summed E-state index contributed by atoms with van der Waals surface area (Å²) in [5.74, 6) is -0.174. The van der Waals surface area contributed by atoms with Gasteiger partial charge < -0.3 is 0 Å². The molecule has 0 aromatic carbocycles. The molecule has 0 spiro atoms. The molecule has 0 fully saturated rings. The lowest BCUT2D eigenvalue weighted by Gasteiger charge is -1.99. The summed E-state index contributed by atoms with van der Waals surface area (Å²) in [7, 11) is 0. The largest absolute Gasteiger partial charge is 0.272 e. The summed E-state index contributed by atoms with van der Waals surface area (Å²) in [5.41, 5.74) is 0.479. The van der Waals surface area contributed by atoms with Crippen molar-refractivity contribution in [2.24, 2.45) is 0 Å². The Morgan fingerprint density at radius 2 is 2.29 bits per heavy atom. The topological polar surface area (TPSA) is 47.8 Å². The molecular weight excluding hydrogens is 202 g/mol. The molecule has 70 valence electrons. The van der Waals surface area contributed by atoms with Crippen molar-refractivity contribution in [1.82, 2.24) is 14.5 Å². The van der Waals surface area contributed by atoms with Gasteiger partial charge in [-0.3, -0.25) is 9.36 Å². The van der Waals surface area contributed by atoms with E-state index in [9.17, 15) is 4.79 Å². The van der Waals surface area contributed by atoms with Crippen molar-refractivity contribution in [3.63, 3.8) is 0 Å². The number of halogens is 1. The summed E-state index contributed by atoms with van der Waals surface area (Å²) >= 11 is 5.60. The SMILES string of the molecule is O=C(c1ccc(Cl)nc1)n1ccnc1. The lowest BCUT2D eigenvalue weighted by atomic mass is 10.3. The predicted molar refractivity (Wildman–Crippen MR) is 51.2 cm³/mol. The molecule has 0 saturated heterocycles. The summed E-state index contributed by atoms with van der Waals surface area (Å²) in [6, 6.07) is 3.20. The zero-order valence-corrected chi connectivity index (χ0v) is 7.85. The van der Waals surface area contributed by atoms with Crippen molar-refractivity contribution in [3.8, 4) is 0 Å². The summed E-state index contributed by atoms with van der Waals surface area (Å²) < 4.78 is 1.38. The van der Waals surface area contributed by atoms with E-state index in [1.165, 1.54) is 17.1 Å². The first-order valence-electron chi connectivity index (χ1n) is 3.91. The second-order valence-corrected chi connectivity index (χ2v) is 3.03. The second-order valence-electron chi connectivity index (χ2n) is 2.64. The van der Waals surface area contributed by atoms with E-state index in [0.717, 1.165) is 0 Å². The molecule has 0 unspecified atom stereocenters. The Morgan fingerprint density at radius 3 is 2.86 bits per heavy atom. The van der Waals surface area contributed by atoms with Crippen LogP contribution in [-0.2, 0) is 0 Å². The van der Waals surface area contributed by atoms with Gasteiger partial charge in [-0.15, -0.1) is 0 Å². The van der Waals surface area contributed by atoms with Crippen LogP contribution in [0.2, 0.25) is 5.15 Å². The van der Waals surface area contributed by atoms with Gasteiger partial charge >= 0.3 is 0 Å². The van der Waals surface area contributed by atoms with Crippen LogP contribution in [0.15, 0.2) is 37.1 Å². The Morgan fingerprint density at radius 1 is 1.43 bits per heavy atom. The van der Waals surface area contributed by atoms with E-state index in [4.69, 9.17) is 11.6 Å². The third kappa shape index (κ3) is 1.65. The van der Waals surface area contributed by atoms with Gasteiger partial charge in [0.25, 0.3) is 5.91 Å². The third-order valence-electron chi connectivity index (χ3n) is 1.71.